The first kappa shape index (κ1) is 16.7. The zero-order valence-corrected chi connectivity index (χ0v) is 14.6. The van der Waals surface area contributed by atoms with Crippen LogP contribution in [0.15, 0.2) is 84.0 Å². The maximum atomic E-state index is 13.0. The highest BCUT2D eigenvalue weighted by atomic mass is 16.7. The van der Waals surface area contributed by atoms with Crippen molar-refractivity contribution in [2.75, 3.05) is 4.90 Å². The van der Waals surface area contributed by atoms with Gasteiger partial charge in [-0.25, -0.2) is 4.79 Å². The van der Waals surface area contributed by atoms with Gasteiger partial charge in [-0.1, -0.05) is 59.3 Å². The van der Waals surface area contributed by atoms with Gasteiger partial charge in [-0.15, -0.1) is 0 Å². The van der Waals surface area contributed by atoms with Crippen molar-refractivity contribution < 1.29 is 14.4 Å². The lowest BCUT2D eigenvalue weighted by atomic mass is 10.1. The van der Waals surface area contributed by atoms with E-state index in [1.54, 1.807) is 23.1 Å². The topological polar surface area (TPSA) is 59.0 Å². The summed E-state index contributed by atoms with van der Waals surface area (Å²) in [5, 5.41) is 3.90. The van der Waals surface area contributed by atoms with Crippen LogP contribution in [0, 0.1) is 6.92 Å². The Hall–Kier alpha value is -3.73. The number of nitrogens with zero attached hydrogens (tertiary/aromatic N) is 2. The quantitative estimate of drug-likeness (QED) is 0.521. The molecule has 132 valence electrons. The zero-order valence-electron chi connectivity index (χ0n) is 14.6. The van der Waals surface area contributed by atoms with Gasteiger partial charge in [-0.3, -0.25) is 9.69 Å². The van der Waals surface area contributed by atoms with Gasteiger partial charge in [0.1, 0.15) is 0 Å². The summed E-state index contributed by atoms with van der Waals surface area (Å²) >= 11 is 0. The number of carbonyl (C=O) groups excluding carboxylic acids is 2. The highest BCUT2D eigenvalue weighted by Crippen LogP contribution is 2.35. The molecule has 0 saturated heterocycles. The number of hydrogen-bond donors (Lipinski definition) is 0. The lowest BCUT2D eigenvalue weighted by molar-refractivity contribution is -0.111. The largest absolute Gasteiger partial charge is 0.365 e. The van der Waals surface area contributed by atoms with E-state index in [-0.39, 0.29) is 11.6 Å². The molecule has 0 bridgehead atoms. The third-order valence-corrected chi connectivity index (χ3v) is 4.33. The van der Waals surface area contributed by atoms with Crippen molar-refractivity contribution in [3.8, 4) is 0 Å². The summed E-state index contributed by atoms with van der Waals surface area (Å²) in [5.41, 5.74) is 3.58. The molecular formula is C22H16N2O3. The summed E-state index contributed by atoms with van der Waals surface area (Å²) in [7, 11) is 0. The van der Waals surface area contributed by atoms with Crippen LogP contribution in [0.2, 0.25) is 0 Å². The van der Waals surface area contributed by atoms with Gasteiger partial charge < -0.3 is 4.84 Å². The summed E-state index contributed by atoms with van der Waals surface area (Å²) in [6.45, 7) is 1.93. The molecule has 1 amide bonds. The average molecular weight is 356 g/mol. The van der Waals surface area contributed by atoms with E-state index < -0.39 is 5.97 Å². The number of hydrogen-bond acceptors (Lipinski definition) is 4. The number of rotatable bonds is 3. The van der Waals surface area contributed by atoms with Gasteiger partial charge in [0.25, 0.3) is 5.91 Å². The summed E-state index contributed by atoms with van der Waals surface area (Å²) in [6, 6.07) is 23.5. The first-order valence-electron chi connectivity index (χ1n) is 8.50. The van der Waals surface area contributed by atoms with Crippen molar-refractivity contribution in [3.05, 3.63) is 95.6 Å². The molecule has 0 unspecified atom stereocenters. The van der Waals surface area contributed by atoms with Gasteiger partial charge in [-0.05, 0) is 37.3 Å². The normalized spacial score (nSPS) is 14.3. The average Bonchev–Trinajstić information content (AvgIpc) is 2.98. The van der Waals surface area contributed by atoms with Crippen LogP contribution in [-0.4, -0.2) is 17.6 Å². The summed E-state index contributed by atoms with van der Waals surface area (Å²) in [4.78, 5) is 31.8. The number of oxime groups is 1. The van der Waals surface area contributed by atoms with Crippen molar-refractivity contribution in [2.45, 2.75) is 6.92 Å². The summed E-state index contributed by atoms with van der Waals surface area (Å²) in [5.74, 6) is -0.940. The van der Waals surface area contributed by atoms with Crippen LogP contribution in [0.3, 0.4) is 0 Å². The SMILES string of the molecule is Cc1ccc(C(=O)O/N=C2/C(=O)N(c3ccccc3)c3ccccc32)cc1. The van der Waals surface area contributed by atoms with Crippen LogP contribution in [0.5, 0.6) is 0 Å². The zero-order chi connectivity index (χ0) is 18.8. The van der Waals surface area contributed by atoms with E-state index in [4.69, 9.17) is 4.84 Å². The smallest absolute Gasteiger partial charge is 0.312 e. The summed E-state index contributed by atoms with van der Waals surface area (Å²) in [6.07, 6.45) is 0. The van der Waals surface area contributed by atoms with Crippen LogP contribution < -0.4 is 4.90 Å². The first-order chi connectivity index (χ1) is 13.1. The number of fused-ring (bicyclic) bond motifs is 1. The van der Waals surface area contributed by atoms with E-state index in [2.05, 4.69) is 5.16 Å². The number of benzene rings is 3. The van der Waals surface area contributed by atoms with Crippen molar-refractivity contribution in [1.82, 2.24) is 0 Å². The minimum absolute atomic E-state index is 0.106. The highest BCUT2D eigenvalue weighted by Gasteiger charge is 2.35. The lowest BCUT2D eigenvalue weighted by Gasteiger charge is -2.16. The number of carbonyl (C=O) groups is 2. The maximum Gasteiger partial charge on any atom is 0.365 e. The molecule has 5 heteroatoms. The van der Waals surface area contributed by atoms with Gasteiger partial charge in [0, 0.05) is 11.3 Å². The van der Waals surface area contributed by atoms with E-state index in [0.29, 0.717) is 16.8 Å². The Bertz CT molecular complexity index is 1040. The van der Waals surface area contributed by atoms with Gasteiger partial charge in [0.15, 0.2) is 5.71 Å². The Labute approximate surface area is 156 Å². The third-order valence-electron chi connectivity index (χ3n) is 4.33. The fourth-order valence-electron chi connectivity index (χ4n) is 2.95. The van der Waals surface area contributed by atoms with Gasteiger partial charge in [0.05, 0.1) is 11.3 Å². The second-order valence-electron chi connectivity index (χ2n) is 6.18. The van der Waals surface area contributed by atoms with Crippen LogP contribution in [-0.2, 0) is 9.63 Å². The molecule has 0 N–H and O–H groups in total. The predicted molar refractivity (Wildman–Crippen MR) is 103 cm³/mol. The summed E-state index contributed by atoms with van der Waals surface area (Å²) < 4.78 is 0. The molecule has 1 heterocycles. The molecule has 0 fully saturated rings. The van der Waals surface area contributed by atoms with Crippen LogP contribution >= 0.6 is 0 Å². The second-order valence-corrected chi connectivity index (χ2v) is 6.18. The molecule has 1 aliphatic rings. The second kappa shape index (κ2) is 6.88. The van der Waals surface area contributed by atoms with E-state index in [1.165, 1.54) is 0 Å². The molecule has 0 aromatic heterocycles. The minimum atomic E-state index is -0.606. The maximum absolute atomic E-state index is 13.0. The van der Waals surface area contributed by atoms with E-state index in [9.17, 15) is 9.59 Å². The standard InChI is InChI=1S/C22H16N2O3/c1-15-11-13-16(14-12-15)22(26)27-23-20-18-9-5-6-10-19(18)24(21(20)25)17-7-3-2-4-8-17/h2-14H,1H3/b23-20+. The highest BCUT2D eigenvalue weighted by molar-refractivity contribution is 6.55. The van der Waals surface area contributed by atoms with Crippen molar-refractivity contribution >= 4 is 29.0 Å². The molecule has 3 aromatic rings. The number of para-hydroxylation sites is 2. The van der Waals surface area contributed by atoms with Crippen molar-refractivity contribution in [2.24, 2.45) is 5.16 Å². The van der Waals surface area contributed by atoms with Crippen LogP contribution in [0.25, 0.3) is 0 Å². The van der Waals surface area contributed by atoms with Gasteiger partial charge >= 0.3 is 5.97 Å². The molecule has 27 heavy (non-hydrogen) atoms. The van der Waals surface area contributed by atoms with Gasteiger partial charge in [-0.2, -0.15) is 0 Å². The molecule has 4 rings (SSSR count). The Kier molecular flexibility index (Phi) is 4.26. The number of amides is 1. The molecule has 0 aliphatic carbocycles. The molecule has 1 aliphatic heterocycles. The van der Waals surface area contributed by atoms with E-state index >= 15 is 0 Å². The van der Waals surface area contributed by atoms with E-state index in [1.807, 2.05) is 67.6 Å². The predicted octanol–water partition coefficient (Wildman–Crippen LogP) is 4.23. The first-order valence-corrected chi connectivity index (χ1v) is 8.50. The van der Waals surface area contributed by atoms with Crippen molar-refractivity contribution in [1.29, 1.82) is 0 Å². The van der Waals surface area contributed by atoms with Gasteiger partial charge in [0.2, 0.25) is 0 Å². The van der Waals surface area contributed by atoms with Crippen LogP contribution in [0.4, 0.5) is 11.4 Å². The third kappa shape index (κ3) is 3.11. The van der Waals surface area contributed by atoms with E-state index in [0.717, 1.165) is 11.3 Å². The number of anilines is 2. The minimum Gasteiger partial charge on any atom is -0.312 e. The number of aryl methyl sites for hydroxylation is 1. The fourth-order valence-corrected chi connectivity index (χ4v) is 2.95. The Morgan fingerprint density at radius 2 is 1.56 bits per heavy atom. The molecule has 0 spiro atoms. The molecular weight excluding hydrogens is 340 g/mol. The molecule has 3 aromatic carbocycles. The fraction of sp³-hybridized carbons (Fsp3) is 0.0455. The Balaban J connectivity index is 1.67. The molecule has 0 atom stereocenters. The molecule has 0 saturated carbocycles. The monoisotopic (exact) mass is 356 g/mol. The molecule has 5 nitrogen and oxygen atoms in total. The Morgan fingerprint density at radius 3 is 2.30 bits per heavy atom. The lowest BCUT2D eigenvalue weighted by Crippen LogP contribution is -2.25. The Morgan fingerprint density at radius 1 is 0.889 bits per heavy atom. The van der Waals surface area contributed by atoms with Crippen molar-refractivity contribution in [3.63, 3.8) is 0 Å². The van der Waals surface area contributed by atoms with Crippen LogP contribution in [0.1, 0.15) is 21.5 Å². The molecule has 0 radical (unpaired) electrons.